The van der Waals surface area contributed by atoms with Gasteiger partial charge in [0, 0.05) is 6.04 Å². The summed E-state index contributed by atoms with van der Waals surface area (Å²) >= 11 is 0. The number of rotatable bonds is 4. The molecular formula is C17H25NO2. The summed E-state index contributed by atoms with van der Waals surface area (Å²) in [5.74, 6) is -0.214. The maximum atomic E-state index is 12.4. The molecule has 1 saturated carbocycles. The Kier molecular flexibility index (Phi) is 4.48. The first kappa shape index (κ1) is 15.0. The van der Waals surface area contributed by atoms with E-state index >= 15 is 0 Å². The van der Waals surface area contributed by atoms with Crippen LogP contribution in [0.4, 0.5) is 0 Å². The van der Waals surface area contributed by atoms with Crippen LogP contribution in [-0.2, 0) is 15.1 Å². The molecule has 110 valence electrons. The number of carbonyl (C=O) groups excluding carboxylic acids is 1. The third kappa shape index (κ3) is 3.04. The van der Waals surface area contributed by atoms with Gasteiger partial charge in [0.25, 0.3) is 0 Å². The molecule has 1 aromatic rings. The van der Waals surface area contributed by atoms with Crippen molar-refractivity contribution >= 4 is 5.97 Å². The van der Waals surface area contributed by atoms with Crippen LogP contribution in [0, 0.1) is 13.8 Å². The van der Waals surface area contributed by atoms with Crippen LogP contribution in [0.15, 0.2) is 18.2 Å². The van der Waals surface area contributed by atoms with Gasteiger partial charge in [0.1, 0.15) is 5.54 Å². The molecule has 20 heavy (non-hydrogen) atoms. The van der Waals surface area contributed by atoms with E-state index < -0.39 is 5.54 Å². The predicted molar refractivity (Wildman–Crippen MR) is 80.7 cm³/mol. The Morgan fingerprint density at radius 2 is 1.75 bits per heavy atom. The van der Waals surface area contributed by atoms with Crippen molar-refractivity contribution in [3.63, 3.8) is 0 Å². The number of methoxy groups -OCH3 is 1. The van der Waals surface area contributed by atoms with Crippen molar-refractivity contribution in [2.75, 3.05) is 7.11 Å². The van der Waals surface area contributed by atoms with Gasteiger partial charge in [-0.25, -0.2) is 4.79 Å². The van der Waals surface area contributed by atoms with Crippen LogP contribution in [0.2, 0.25) is 0 Å². The van der Waals surface area contributed by atoms with Crippen LogP contribution >= 0.6 is 0 Å². The van der Waals surface area contributed by atoms with Crippen molar-refractivity contribution in [2.45, 2.75) is 58.0 Å². The number of benzene rings is 1. The summed E-state index contributed by atoms with van der Waals surface area (Å²) in [6, 6.07) is 6.68. The van der Waals surface area contributed by atoms with Gasteiger partial charge >= 0.3 is 5.97 Å². The number of nitrogens with one attached hydrogen (secondary N) is 1. The zero-order valence-electron chi connectivity index (χ0n) is 13.0. The average Bonchev–Trinajstić information content (AvgIpc) is 2.89. The standard InChI is InChI=1S/C17H25NO2/c1-12-9-13(2)11-14(10-12)17(3,16(19)20-4)18-15-7-5-6-8-15/h9-11,15,18H,5-8H2,1-4H3. The zero-order valence-corrected chi connectivity index (χ0v) is 13.0. The lowest BCUT2D eigenvalue weighted by Gasteiger charge is -2.32. The van der Waals surface area contributed by atoms with E-state index in [1.54, 1.807) is 0 Å². The molecule has 3 nitrogen and oxygen atoms in total. The summed E-state index contributed by atoms with van der Waals surface area (Å²) in [4.78, 5) is 12.4. The molecule has 0 aromatic heterocycles. The highest BCUT2D eigenvalue weighted by Gasteiger charge is 2.39. The number of aryl methyl sites for hydroxylation is 2. The Labute approximate surface area is 121 Å². The summed E-state index contributed by atoms with van der Waals surface area (Å²) in [5, 5.41) is 3.54. The number of hydrogen-bond donors (Lipinski definition) is 1. The number of ether oxygens (including phenoxy) is 1. The van der Waals surface area contributed by atoms with Gasteiger partial charge in [0.2, 0.25) is 0 Å². The summed E-state index contributed by atoms with van der Waals surface area (Å²) in [5.41, 5.74) is 2.57. The van der Waals surface area contributed by atoms with Gasteiger partial charge in [-0.1, -0.05) is 42.2 Å². The number of hydrogen-bond acceptors (Lipinski definition) is 3. The van der Waals surface area contributed by atoms with E-state index in [0.29, 0.717) is 6.04 Å². The van der Waals surface area contributed by atoms with Gasteiger partial charge < -0.3 is 4.74 Å². The Bertz CT molecular complexity index is 472. The normalized spacial score (nSPS) is 18.8. The topological polar surface area (TPSA) is 38.3 Å². The first-order valence-corrected chi connectivity index (χ1v) is 7.40. The van der Waals surface area contributed by atoms with Crippen molar-refractivity contribution in [3.05, 3.63) is 34.9 Å². The van der Waals surface area contributed by atoms with Gasteiger partial charge in [-0.2, -0.15) is 0 Å². The van der Waals surface area contributed by atoms with E-state index in [1.165, 1.54) is 31.1 Å². The fourth-order valence-electron chi connectivity index (χ4n) is 3.21. The van der Waals surface area contributed by atoms with E-state index in [9.17, 15) is 4.79 Å². The minimum Gasteiger partial charge on any atom is -0.467 e. The molecule has 0 saturated heterocycles. The summed E-state index contributed by atoms with van der Waals surface area (Å²) in [6.45, 7) is 6.05. The van der Waals surface area contributed by atoms with E-state index in [4.69, 9.17) is 4.74 Å². The first-order chi connectivity index (χ1) is 9.45. The Hall–Kier alpha value is -1.35. The van der Waals surface area contributed by atoms with Gasteiger partial charge in [-0.15, -0.1) is 0 Å². The van der Waals surface area contributed by atoms with Crippen LogP contribution in [0.1, 0.15) is 49.3 Å². The van der Waals surface area contributed by atoms with Gasteiger partial charge in [-0.05, 0) is 39.2 Å². The molecule has 1 aliphatic carbocycles. The molecule has 1 aromatic carbocycles. The molecule has 2 rings (SSSR count). The number of carbonyl (C=O) groups is 1. The minimum atomic E-state index is -0.763. The molecule has 1 fully saturated rings. The predicted octanol–water partition coefficient (Wildman–Crippen LogP) is 3.22. The first-order valence-electron chi connectivity index (χ1n) is 7.40. The molecule has 1 atom stereocenters. The smallest absolute Gasteiger partial charge is 0.330 e. The summed E-state index contributed by atoms with van der Waals surface area (Å²) in [7, 11) is 1.46. The van der Waals surface area contributed by atoms with Crippen molar-refractivity contribution in [1.29, 1.82) is 0 Å². The van der Waals surface area contributed by atoms with Crippen molar-refractivity contribution in [1.82, 2.24) is 5.32 Å². The van der Waals surface area contributed by atoms with Crippen LogP contribution in [0.25, 0.3) is 0 Å². The molecule has 1 N–H and O–H groups in total. The van der Waals surface area contributed by atoms with E-state index in [2.05, 4.69) is 37.4 Å². The van der Waals surface area contributed by atoms with Crippen molar-refractivity contribution in [3.8, 4) is 0 Å². The maximum Gasteiger partial charge on any atom is 0.330 e. The highest BCUT2D eigenvalue weighted by molar-refractivity contribution is 5.82. The van der Waals surface area contributed by atoms with Crippen LogP contribution < -0.4 is 5.32 Å². The highest BCUT2D eigenvalue weighted by atomic mass is 16.5. The zero-order chi connectivity index (χ0) is 14.8. The molecule has 0 bridgehead atoms. The molecule has 0 aliphatic heterocycles. The van der Waals surface area contributed by atoms with Gasteiger partial charge in [-0.3, -0.25) is 5.32 Å². The third-order valence-electron chi connectivity index (χ3n) is 4.24. The summed E-state index contributed by atoms with van der Waals surface area (Å²) < 4.78 is 5.06. The Balaban J connectivity index is 2.36. The van der Waals surface area contributed by atoms with Crippen LogP contribution in [-0.4, -0.2) is 19.1 Å². The minimum absolute atomic E-state index is 0.214. The van der Waals surface area contributed by atoms with Crippen LogP contribution in [0.5, 0.6) is 0 Å². The fourth-order valence-corrected chi connectivity index (χ4v) is 3.21. The highest BCUT2D eigenvalue weighted by Crippen LogP contribution is 2.29. The molecule has 1 unspecified atom stereocenters. The Morgan fingerprint density at radius 3 is 2.25 bits per heavy atom. The van der Waals surface area contributed by atoms with Crippen LogP contribution in [0.3, 0.4) is 0 Å². The quantitative estimate of drug-likeness (QED) is 0.857. The Morgan fingerprint density at radius 1 is 1.20 bits per heavy atom. The van der Waals surface area contributed by atoms with Crippen molar-refractivity contribution in [2.24, 2.45) is 0 Å². The second kappa shape index (κ2) is 5.96. The second-order valence-electron chi connectivity index (χ2n) is 6.12. The molecule has 1 aliphatic rings. The lowest BCUT2D eigenvalue weighted by atomic mass is 9.88. The largest absolute Gasteiger partial charge is 0.467 e. The molecule has 0 radical (unpaired) electrons. The monoisotopic (exact) mass is 275 g/mol. The molecule has 0 heterocycles. The lowest BCUT2D eigenvalue weighted by Crippen LogP contribution is -2.51. The van der Waals surface area contributed by atoms with Crippen molar-refractivity contribution < 1.29 is 9.53 Å². The lowest BCUT2D eigenvalue weighted by molar-refractivity contribution is -0.148. The molecule has 0 amide bonds. The molecular weight excluding hydrogens is 250 g/mol. The third-order valence-corrected chi connectivity index (χ3v) is 4.24. The summed E-state index contributed by atoms with van der Waals surface area (Å²) in [6.07, 6.45) is 4.75. The van der Waals surface area contributed by atoms with E-state index in [-0.39, 0.29) is 5.97 Å². The second-order valence-corrected chi connectivity index (χ2v) is 6.12. The molecule has 0 spiro atoms. The molecule has 3 heteroatoms. The van der Waals surface area contributed by atoms with Gasteiger partial charge in [0.05, 0.1) is 7.11 Å². The SMILES string of the molecule is COC(=O)C(C)(NC1CCCC1)c1cc(C)cc(C)c1. The van der Waals surface area contributed by atoms with E-state index in [0.717, 1.165) is 18.4 Å². The average molecular weight is 275 g/mol. The number of esters is 1. The van der Waals surface area contributed by atoms with E-state index in [1.807, 2.05) is 6.92 Å². The van der Waals surface area contributed by atoms with Gasteiger partial charge in [0.15, 0.2) is 0 Å². The maximum absolute atomic E-state index is 12.4. The fraction of sp³-hybridized carbons (Fsp3) is 0.588.